The van der Waals surface area contributed by atoms with E-state index in [0.29, 0.717) is 34.9 Å². The molecule has 0 amide bonds. The van der Waals surface area contributed by atoms with Crippen LogP contribution in [0.5, 0.6) is 0 Å². The van der Waals surface area contributed by atoms with E-state index in [1.165, 1.54) is 21.9 Å². The Labute approximate surface area is 561 Å². The lowest BCUT2D eigenvalue weighted by Gasteiger charge is -2.12. The summed E-state index contributed by atoms with van der Waals surface area (Å²) in [4.78, 5) is 31.4. The third kappa shape index (κ3) is 9.29. The normalized spacial score (nSPS) is 11.9. The molecular formula is C90H52N6O2. The lowest BCUT2D eigenvalue weighted by Crippen LogP contribution is -2.01. The molecule has 0 aliphatic heterocycles. The standard InChI is InChI=1S/C90H52N6O2/c1-2-19-56(20-3-1)85-91-87(75-32-11-22-54-17-6-8-27-69(54)75)95-89(92-85)77-34-14-31-74-80-50-68-48-65(41-40-63(68)52-82(80)98-83(74)77)71-29-13-25-64-45-61(42-43-72(64)71)58-24-10-26-66(46-58)86-93-88(76-33-12-23-55-18-7-9-28-70(55)76)96-90(94-86)78-35-15-30-73-79-49-67-47-60(38-39-62(67)51-81(79)97-84(73)78)59-37-36-53-16-4-5-21-57(53)44-59/h1-52H. The molecule has 0 bridgehead atoms. The van der Waals surface area contributed by atoms with Crippen LogP contribution in [0.2, 0.25) is 0 Å². The minimum Gasteiger partial charge on any atom is -0.455 e. The minimum absolute atomic E-state index is 0.528. The fourth-order valence-corrected chi connectivity index (χ4v) is 14.6. The second-order valence-electron chi connectivity index (χ2n) is 25.3. The molecule has 4 aromatic heterocycles. The van der Waals surface area contributed by atoms with Crippen molar-refractivity contribution in [2.45, 2.75) is 0 Å². The number of hydrogen-bond donors (Lipinski definition) is 0. The maximum Gasteiger partial charge on any atom is 0.167 e. The van der Waals surface area contributed by atoms with Gasteiger partial charge >= 0.3 is 0 Å². The maximum absolute atomic E-state index is 6.91. The van der Waals surface area contributed by atoms with Crippen molar-refractivity contribution in [3.05, 3.63) is 315 Å². The monoisotopic (exact) mass is 1250 g/mol. The SMILES string of the molecule is c1ccc(-c2nc(-c3cccc4ccccc34)nc(-c3cccc4c3oc3cc5ccc(-c6cccc7cc(-c8cccc(-c9nc(-c%10cccc%11ccccc%10%11)nc(-c%10cccc%11c%10oc%10cc%12ccc(-c%13ccc%14ccccc%14c%13)cc%12cc%10%11)n9)c8)ccc67)cc5cc34)n2)cc1. The number of rotatable bonds is 9. The highest BCUT2D eigenvalue weighted by atomic mass is 16.3. The smallest absolute Gasteiger partial charge is 0.167 e. The molecule has 0 spiro atoms. The first-order chi connectivity index (χ1) is 48.5. The Hall–Kier alpha value is -13.3. The number of aromatic nitrogens is 6. The highest BCUT2D eigenvalue weighted by Gasteiger charge is 2.23. The van der Waals surface area contributed by atoms with Crippen molar-refractivity contribution < 1.29 is 8.83 Å². The van der Waals surface area contributed by atoms with Gasteiger partial charge in [0.25, 0.3) is 0 Å². The molecule has 0 aliphatic rings. The van der Waals surface area contributed by atoms with Crippen molar-refractivity contribution >= 4 is 109 Å². The van der Waals surface area contributed by atoms with Gasteiger partial charge in [-0.25, -0.2) is 29.9 Å². The number of furan rings is 2. The largest absolute Gasteiger partial charge is 0.455 e. The molecule has 4 heterocycles. The van der Waals surface area contributed by atoms with E-state index in [4.69, 9.17) is 38.7 Å². The van der Waals surface area contributed by atoms with Gasteiger partial charge in [-0.05, 0) is 165 Å². The van der Waals surface area contributed by atoms with Crippen molar-refractivity contribution in [2.24, 2.45) is 0 Å². The molecule has 0 atom stereocenters. The van der Waals surface area contributed by atoms with Gasteiger partial charge in [-0.2, -0.15) is 0 Å². The van der Waals surface area contributed by atoms with Crippen LogP contribution in [0.25, 0.3) is 210 Å². The summed E-state index contributed by atoms with van der Waals surface area (Å²) in [5.41, 5.74) is 15.0. The molecule has 0 unspecified atom stereocenters. The molecule has 8 heteroatoms. The van der Waals surface area contributed by atoms with Gasteiger partial charge in [0.1, 0.15) is 22.3 Å². The van der Waals surface area contributed by atoms with E-state index in [1.54, 1.807) is 0 Å². The zero-order valence-electron chi connectivity index (χ0n) is 52.5. The van der Waals surface area contributed by atoms with E-state index < -0.39 is 0 Å². The molecule has 20 aromatic rings. The maximum atomic E-state index is 6.91. The fraction of sp³-hybridized carbons (Fsp3) is 0. The number of fused-ring (bicyclic) bond motifs is 12. The molecule has 0 radical (unpaired) electrons. The van der Waals surface area contributed by atoms with Gasteiger partial charge < -0.3 is 8.83 Å². The number of benzene rings is 16. The molecule has 0 aliphatic carbocycles. The van der Waals surface area contributed by atoms with E-state index in [9.17, 15) is 0 Å². The number of nitrogens with zero attached hydrogens (tertiary/aromatic N) is 6. The van der Waals surface area contributed by atoms with E-state index in [0.717, 1.165) is 153 Å². The third-order valence-electron chi connectivity index (χ3n) is 19.5. The summed E-state index contributed by atoms with van der Waals surface area (Å²) < 4.78 is 13.8. The Kier molecular flexibility index (Phi) is 12.5. The Balaban J connectivity index is 0.651. The summed E-state index contributed by atoms with van der Waals surface area (Å²) in [5, 5.41) is 17.6. The lowest BCUT2D eigenvalue weighted by molar-refractivity contribution is 0.669. The molecule has 0 fully saturated rings. The molecule has 16 aromatic carbocycles. The van der Waals surface area contributed by atoms with Crippen LogP contribution in [-0.2, 0) is 0 Å². The Morgan fingerprint density at radius 3 is 1.13 bits per heavy atom. The highest BCUT2D eigenvalue weighted by Crippen LogP contribution is 2.43. The summed E-state index contributed by atoms with van der Waals surface area (Å²) in [6, 6.07) is 111. The van der Waals surface area contributed by atoms with Crippen LogP contribution >= 0.6 is 0 Å². The highest BCUT2D eigenvalue weighted by molar-refractivity contribution is 6.15. The van der Waals surface area contributed by atoms with Crippen LogP contribution in [0, 0.1) is 0 Å². The summed E-state index contributed by atoms with van der Waals surface area (Å²) >= 11 is 0. The van der Waals surface area contributed by atoms with E-state index in [-0.39, 0.29) is 0 Å². The van der Waals surface area contributed by atoms with Gasteiger partial charge in [0.05, 0.1) is 11.1 Å². The van der Waals surface area contributed by atoms with Gasteiger partial charge in [-0.1, -0.05) is 249 Å². The lowest BCUT2D eigenvalue weighted by atomic mass is 9.93. The second-order valence-corrected chi connectivity index (χ2v) is 25.3. The van der Waals surface area contributed by atoms with E-state index in [2.05, 4.69) is 279 Å². The molecule has 454 valence electrons. The van der Waals surface area contributed by atoms with Crippen molar-refractivity contribution in [2.75, 3.05) is 0 Å². The quantitative estimate of drug-likeness (QED) is 0.141. The number of para-hydroxylation sites is 2. The van der Waals surface area contributed by atoms with Crippen molar-refractivity contribution in [3.8, 4) is 102 Å². The third-order valence-corrected chi connectivity index (χ3v) is 19.5. The Bertz CT molecular complexity index is 6700. The zero-order valence-corrected chi connectivity index (χ0v) is 52.5. The van der Waals surface area contributed by atoms with Crippen molar-refractivity contribution in [3.63, 3.8) is 0 Å². The van der Waals surface area contributed by atoms with Crippen LogP contribution in [-0.4, -0.2) is 29.9 Å². The average Bonchev–Trinajstić information content (AvgIpc) is 1.56. The molecule has 0 saturated carbocycles. The predicted molar refractivity (Wildman–Crippen MR) is 402 cm³/mol. The molecular weight excluding hydrogens is 1200 g/mol. The summed E-state index contributed by atoms with van der Waals surface area (Å²) in [6.45, 7) is 0. The van der Waals surface area contributed by atoms with Crippen LogP contribution in [0.3, 0.4) is 0 Å². The van der Waals surface area contributed by atoms with Crippen LogP contribution in [0.1, 0.15) is 0 Å². The van der Waals surface area contributed by atoms with Gasteiger partial charge in [0.15, 0.2) is 34.9 Å². The van der Waals surface area contributed by atoms with Crippen LogP contribution < -0.4 is 0 Å². The van der Waals surface area contributed by atoms with Gasteiger partial charge in [-0.15, -0.1) is 0 Å². The Morgan fingerprint density at radius 2 is 0.520 bits per heavy atom. The first kappa shape index (κ1) is 55.2. The molecule has 0 saturated heterocycles. The van der Waals surface area contributed by atoms with E-state index in [1.807, 2.05) is 36.4 Å². The number of hydrogen-bond acceptors (Lipinski definition) is 8. The summed E-state index contributed by atoms with van der Waals surface area (Å²) in [6.07, 6.45) is 0. The molecule has 98 heavy (non-hydrogen) atoms. The average molecular weight is 1250 g/mol. The second kappa shape index (κ2) is 22.2. The first-order valence-corrected chi connectivity index (χ1v) is 32.9. The fourth-order valence-electron chi connectivity index (χ4n) is 14.6. The van der Waals surface area contributed by atoms with Gasteiger partial charge in [-0.3, -0.25) is 0 Å². The summed E-state index contributed by atoms with van der Waals surface area (Å²) in [5.74, 6) is 3.41. The van der Waals surface area contributed by atoms with Crippen LogP contribution in [0.15, 0.2) is 324 Å². The Morgan fingerprint density at radius 1 is 0.163 bits per heavy atom. The van der Waals surface area contributed by atoms with Crippen LogP contribution in [0.4, 0.5) is 0 Å². The molecule has 20 rings (SSSR count). The summed E-state index contributed by atoms with van der Waals surface area (Å²) in [7, 11) is 0. The van der Waals surface area contributed by atoms with Gasteiger partial charge in [0.2, 0.25) is 0 Å². The first-order valence-electron chi connectivity index (χ1n) is 32.9. The topological polar surface area (TPSA) is 104 Å². The predicted octanol–water partition coefficient (Wildman–Crippen LogP) is 23.8. The zero-order chi connectivity index (χ0) is 64.4. The van der Waals surface area contributed by atoms with Crippen molar-refractivity contribution in [1.29, 1.82) is 0 Å². The minimum atomic E-state index is 0.528. The van der Waals surface area contributed by atoms with Gasteiger partial charge in [0, 0.05) is 43.8 Å². The van der Waals surface area contributed by atoms with Crippen molar-refractivity contribution in [1.82, 2.24) is 29.9 Å². The van der Waals surface area contributed by atoms with E-state index >= 15 is 0 Å². The molecule has 0 N–H and O–H groups in total. The molecule has 8 nitrogen and oxygen atoms in total.